The molecule has 3 rings (SSSR count). The fourth-order valence-corrected chi connectivity index (χ4v) is 2.30. The summed E-state index contributed by atoms with van der Waals surface area (Å²) in [7, 11) is 0. The zero-order chi connectivity index (χ0) is 13.2. The van der Waals surface area contributed by atoms with Crippen molar-refractivity contribution in [3.05, 3.63) is 29.6 Å². The van der Waals surface area contributed by atoms with Gasteiger partial charge in [-0.05, 0) is 31.0 Å². The normalized spacial score (nSPS) is 19.3. The summed E-state index contributed by atoms with van der Waals surface area (Å²) >= 11 is 0. The maximum atomic E-state index is 14.0. The number of anilines is 1. The first-order valence-corrected chi connectivity index (χ1v) is 6.80. The summed E-state index contributed by atoms with van der Waals surface area (Å²) < 4.78 is 14.0. The molecule has 1 aliphatic heterocycles. The van der Waals surface area contributed by atoms with Crippen LogP contribution in [0.1, 0.15) is 23.2 Å². The van der Waals surface area contributed by atoms with Crippen LogP contribution in [0.4, 0.5) is 10.1 Å². The molecule has 1 saturated heterocycles. The fourth-order valence-electron chi connectivity index (χ4n) is 2.30. The van der Waals surface area contributed by atoms with Crippen molar-refractivity contribution in [2.24, 2.45) is 0 Å². The zero-order valence-electron chi connectivity index (χ0n) is 10.8. The average molecular weight is 263 g/mol. The van der Waals surface area contributed by atoms with Gasteiger partial charge in [-0.3, -0.25) is 4.79 Å². The Kier molecular flexibility index (Phi) is 3.38. The molecule has 4 nitrogen and oxygen atoms in total. The van der Waals surface area contributed by atoms with Crippen LogP contribution in [0.2, 0.25) is 0 Å². The molecule has 0 spiro atoms. The number of nitrogens with zero attached hydrogens (tertiary/aromatic N) is 1. The molecule has 1 heterocycles. The Morgan fingerprint density at radius 3 is 2.68 bits per heavy atom. The largest absolute Gasteiger partial charge is 0.369 e. The first kappa shape index (κ1) is 12.4. The second-order valence-corrected chi connectivity index (χ2v) is 5.15. The average Bonchev–Trinajstić information content (AvgIpc) is 3.23. The van der Waals surface area contributed by atoms with Crippen molar-refractivity contribution in [1.29, 1.82) is 0 Å². The summed E-state index contributed by atoms with van der Waals surface area (Å²) in [5, 5.41) is 6.07. The van der Waals surface area contributed by atoms with Gasteiger partial charge in [0.2, 0.25) is 0 Å². The van der Waals surface area contributed by atoms with Gasteiger partial charge in [-0.2, -0.15) is 0 Å². The van der Waals surface area contributed by atoms with E-state index >= 15 is 0 Å². The summed E-state index contributed by atoms with van der Waals surface area (Å²) in [6.07, 6.45) is 2.01. The molecular weight excluding hydrogens is 245 g/mol. The molecule has 0 aromatic heterocycles. The van der Waals surface area contributed by atoms with Gasteiger partial charge in [0, 0.05) is 37.9 Å². The lowest BCUT2D eigenvalue weighted by molar-refractivity contribution is 0.0947. The maximum Gasteiger partial charge on any atom is 0.254 e. The van der Waals surface area contributed by atoms with Crippen LogP contribution in [-0.4, -0.2) is 38.1 Å². The molecule has 1 aliphatic carbocycles. The minimum Gasteiger partial charge on any atom is -0.369 e. The second-order valence-electron chi connectivity index (χ2n) is 5.15. The number of nitrogens with one attached hydrogen (secondary N) is 2. The lowest BCUT2D eigenvalue weighted by Crippen LogP contribution is -2.43. The summed E-state index contributed by atoms with van der Waals surface area (Å²) in [6, 6.07) is 5.13. The molecule has 5 heteroatoms. The Labute approximate surface area is 112 Å². The SMILES string of the molecule is O=C(NC1CC1)c1ccc(N2CCNCC2)cc1F. The van der Waals surface area contributed by atoms with Crippen LogP contribution in [0.25, 0.3) is 0 Å². The predicted octanol–water partition coefficient (Wildman–Crippen LogP) is 1.13. The van der Waals surface area contributed by atoms with Crippen LogP contribution >= 0.6 is 0 Å². The molecule has 1 saturated carbocycles. The minimum absolute atomic E-state index is 0.144. The van der Waals surface area contributed by atoms with Crippen molar-refractivity contribution in [2.45, 2.75) is 18.9 Å². The highest BCUT2D eigenvalue weighted by Crippen LogP contribution is 2.22. The fraction of sp³-hybridized carbons (Fsp3) is 0.500. The van der Waals surface area contributed by atoms with Gasteiger partial charge in [0.05, 0.1) is 5.56 Å². The number of amides is 1. The van der Waals surface area contributed by atoms with E-state index in [4.69, 9.17) is 0 Å². The monoisotopic (exact) mass is 263 g/mol. The van der Waals surface area contributed by atoms with E-state index in [0.717, 1.165) is 44.7 Å². The van der Waals surface area contributed by atoms with Crippen molar-refractivity contribution < 1.29 is 9.18 Å². The van der Waals surface area contributed by atoms with E-state index in [-0.39, 0.29) is 17.5 Å². The third-order valence-electron chi connectivity index (χ3n) is 3.59. The van der Waals surface area contributed by atoms with E-state index in [0.29, 0.717) is 0 Å². The molecule has 2 fully saturated rings. The lowest BCUT2D eigenvalue weighted by Gasteiger charge is -2.29. The standard InChI is InChI=1S/C14H18FN3O/c15-13-9-11(18-7-5-16-6-8-18)3-4-12(13)14(19)17-10-1-2-10/h3-4,9-10,16H,1-2,5-8H2,(H,17,19). The molecular formula is C14H18FN3O. The number of benzene rings is 1. The molecule has 0 atom stereocenters. The topological polar surface area (TPSA) is 44.4 Å². The summed E-state index contributed by atoms with van der Waals surface area (Å²) in [5.74, 6) is -0.735. The van der Waals surface area contributed by atoms with E-state index in [9.17, 15) is 9.18 Å². The van der Waals surface area contributed by atoms with E-state index in [1.54, 1.807) is 6.07 Å². The summed E-state index contributed by atoms with van der Waals surface area (Å²) in [5.41, 5.74) is 0.993. The van der Waals surface area contributed by atoms with Gasteiger partial charge in [0.25, 0.3) is 5.91 Å². The Morgan fingerprint density at radius 2 is 2.05 bits per heavy atom. The number of rotatable bonds is 3. The minimum atomic E-state index is -0.436. The number of halogens is 1. The Hall–Kier alpha value is -1.62. The first-order valence-electron chi connectivity index (χ1n) is 6.80. The van der Waals surface area contributed by atoms with Gasteiger partial charge >= 0.3 is 0 Å². The molecule has 2 aliphatic rings. The smallest absolute Gasteiger partial charge is 0.254 e. The van der Waals surface area contributed by atoms with E-state index in [2.05, 4.69) is 15.5 Å². The molecule has 2 N–H and O–H groups in total. The molecule has 1 aromatic carbocycles. The van der Waals surface area contributed by atoms with Gasteiger partial charge in [0.1, 0.15) is 5.82 Å². The zero-order valence-corrected chi connectivity index (χ0v) is 10.8. The highest BCUT2D eigenvalue weighted by molar-refractivity contribution is 5.95. The van der Waals surface area contributed by atoms with E-state index in [1.807, 2.05) is 6.07 Å². The Balaban J connectivity index is 1.74. The highest BCUT2D eigenvalue weighted by atomic mass is 19.1. The quantitative estimate of drug-likeness (QED) is 0.859. The number of carbonyl (C=O) groups excluding carboxylic acids is 1. The Bertz CT molecular complexity index is 482. The van der Waals surface area contributed by atoms with E-state index in [1.165, 1.54) is 6.07 Å². The van der Waals surface area contributed by atoms with Crippen LogP contribution < -0.4 is 15.5 Å². The third-order valence-corrected chi connectivity index (χ3v) is 3.59. The summed E-state index contributed by atoms with van der Waals surface area (Å²) in [4.78, 5) is 14.0. The van der Waals surface area contributed by atoms with Crippen molar-refractivity contribution in [3.8, 4) is 0 Å². The molecule has 0 bridgehead atoms. The highest BCUT2D eigenvalue weighted by Gasteiger charge is 2.25. The van der Waals surface area contributed by atoms with Gasteiger partial charge in [-0.25, -0.2) is 4.39 Å². The lowest BCUT2D eigenvalue weighted by atomic mass is 10.1. The maximum absolute atomic E-state index is 14.0. The van der Waals surface area contributed by atoms with Crippen molar-refractivity contribution in [2.75, 3.05) is 31.1 Å². The number of carbonyl (C=O) groups is 1. The Morgan fingerprint density at radius 1 is 1.32 bits per heavy atom. The second kappa shape index (κ2) is 5.17. The molecule has 0 radical (unpaired) electrons. The molecule has 102 valence electrons. The number of piperazine rings is 1. The number of hydrogen-bond acceptors (Lipinski definition) is 3. The molecule has 19 heavy (non-hydrogen) atoms. The summed E-state index contributed by atoms with van der Waals surface area (Å²) in [6.45, 7) is 3.55. The van der Waals surface area contributed by atoms with Gasteiger partial charge in [-0.15, -0.1) is 0 Å². The van der Waals surface area contributed by atoms with Crippen molar-refractivity contribution in [1.82, 2.24) is 10.6 Å². The third kappa shape index (κ3) is 2.87. The van der Waals surface area contributed by atoms with Crippen LogP contribution in [0.5, 0.6) is 0 Å². The van der Waals surface area contributed by atoms with Crippen LogP contribution in [0.15, 0.2) is 18.2 Å². The number of hydrogen-bond donors (Lipinski definition) is 2. The molecule has 1 aromatic rings. The predicted molar refractivity (Wildman–Crippen MR) is 72.0 cm³/mol. The van der Waals surface area contributed by atoms with Gasteiger partial charge in [-0.1, -0.05) is 0 Å². The van der Waals surface area contributed by atoms with Crippen LogP contribution in [0.3, 0.4) is 0 Å². The van der Waals surface area contributed by atoms with Gasteiger partial charge in [0.15, 0.2) is 0 Å². The first-order chi connectivity index (χ1) is 9.24. The van der Waals surface area contributed by atoms with Crippen molar-refractivity contribution >= 4 is 11.6 Å². The van der Waals surface area contributed by atoms with Crippen LogP contribution in [-0.2, 0) is 0 Å². The molecule has 1 amide bonds. The molecule has 0 unspecified atom stereocenters. The van der Waals surface area contributed by atoms with Crippen molar-refractivity contribution in [3.63, 3.8) is 0 Å². The van der Waals surface area contributed by atoms with Gasteiger partial charge < -0.3 is 15.5 Å². The van der Waals surface area contributed by atoms with E-state index < -0.39 is 5.82 Å². The van der Waals surface area contributed by atoms with Crippen LogP contribution in [0, 0.1) is 5.82 Å².